The van der Waals surface area contributed by atoms with Gasteiger partial charge in [-0.15, -0.1) is 0 Å². The van der Waals surface area contributed by atoms with Gasteiger partial charge in [-0.1, -0.05) is 0 Å². The van der Waals surface area contributed by atoms with Crippen LogP contribution in [0.25, 0.3) is 0 Å². The molecule has 1 fully saturated rings. The van der Waals surface area contributed by atoms with E-state index in [-0.39, 0.29) is 6.10 Å². The Bertz CT molecular complexity index is 158. The van der Waals surface area contributed by atoms with Crippen LogP contribution >= 0.6 is 0 Å². The van der Waals surface area contributed by atoms with Crippen molar-refractivity contribution in [3.05, 3.63) is 0 Å². The molecule has 0 aliphatic heterocycles. The number of ether oxygens (including phenoxy) is 1. The maximum Gasteiger partial charge on any atom is 0.0897 e. The van der Waals surface area contributed by atoms with Crippen molar-refractivity contribution in [1.82, 2.24) is 5.32 Å². The summed E-state index contributed by atoms with van der Waals surface area (Å²) < 4.78 is 4.84. The van der Waals surface area contributed by atoms with Crippen LogP contribution < -0.4 is 5.32 Å². The summed E-state index contributed by atoms with van der Waals surface area (Å²) in [6, 6.07) is 0. The molecule has 4 heteroatoms. The Kier molecular flexibility index (Phi) is 6.17. The molecule has 0 bridgehead atoms. The predicted octanol–water partition coefficient (Wildman–Crippen LogP) is 0.134. The van der Waals surface area contributed by atoms with Crippen LogP contribution in [0.15, 0.2) is 0 Å². The topological polar surface area (TPSA) is 61.7 Å². The third-order valence-corrected chi connectivity index (χ3v) is 2.99. The molecule has 15 heavy (non-hydrogen) atoms. The number of hydrogen-bond acceptors (Lipinski definition) is 4. The number of aliphatic hydroxyl groups is 2. The molecule has 1 rings (SSSR count). The Balaban J connectivity index is 2.00. The molecule has 0 aromatic carbocycles. The van der Waals surface area contributed by atoms with Gasteiger partial charge in [-0.2, -0.15) is 0 Å². The predicted molar refractivity (Wildman–Crippen MR) is 58.7 cm³/mol. The highest BCUT2D eigenvalue weighted by atomic mass is 16.5. The Hall–Kier alpha value is -0.160. The van der Waals surface area contributed by atoms with Crippen molar-refractivity contribution in [3.63, 3.8) is 0 Å². The molecule has 3 N–H and O–H groups in total. The van der Waals surface area contributed by atoms with Crippen LogP contribution in [0.5, 0.6) is 0 Å². The van der Waals surface area contributed by atoms with E-state index >= 15 is 0 Å². The molecule has 0 spiro atoms. The van der Waals surface area contributed by atoms with Gasteiger partial charge >= 0.3 is 0 Å². The minimum absolute atomic E-state index is 0.0830. The van der Waals surface area contributed by atoms with E-state index in [0.717, 1.165) is 32.2 Å². The van der Waals surface area contributed by atoms with Crippen molar-refractivity contribution in [2.75, 3.05) is 26.8 Å². The second-order valence-electron chi connectivity index (χ2n) is 4.44. The molecule has 90 valence electrons. The zero-order chi connectivity index (χ0) is 11.1. The highest BCUT2D eigenvalue weighted by molar-refractivity contribution is 4.73. The second-order valence-corrected chi connectivity index (χ2v) is 4.44. The lowest BCUT2D eigenvalue weighted by Gasteiger charge is -2.25. The lowest BCUT2D eigenvalue weighted by atomic mass is 9.87. The van der Waals surface area contributed by atoms with E-state index in [9.17, 15) is 10.2 Å². The van der Waals surface area contributed by atoms with Crippen LogP contribution in [-0.2, 0) is 4.74 Å². The van der Waals surface area contributed by atoms with Crippen LogP contribution in [0.3, 0.4) is 0 Å². The third kappa shape index (κ3) is 5.47. The zero-order valence-corrected chi connectivity index (χ0v) is 9.48. The monoisotopic (exact) mass is 217 g/mol. The van der Waals surface area contributed by atoms with E-state index in [1.165, 1.54) is 0 Å². The first kappa shape index (κ1) is 12.9. The standard InChI is InChI=1S/C11H23NO3/c1-15-8-11(14)7-12-6-9-2-4-10(13)5-3-9/h9-14H,2-8H2,1H3. The Morgan fingerprint density at radius 3 is 2.60 bits per heavy atom. The molecule has 1 saturated carbocycles. The zero-order valence-electron chi connectivity index (χ0n) is 9.48. The minimum atomic E-state index is -0.413. The van der Waals surface area contributed by atoms with Gasteiger partial charge in [0.25, 0.3) is 0 Å². The largest absolute Gasteiger partial charge is 0.393 e. The molecule has 0 aromatic rings. The summed E-state index contributed by atoms with van der Waals surface area (Å²) in [5.74, 6) is 0.656. The molecule has 1 atom stereocenters. The molecule has 1 aliphatic rings. The molecule has 1 aliphatic carbocycles. The SMILES string of the molecule is COCC(O)CNCC1CCC(O)CC1. The average Bonchev–Trinajstić information content (AvgIpc) is 2.21. The third-order valence-electron chi connectivity index (χ3n) is 2.99. The van der Waals surface area contributed by atoms with Crippen molar-refractivity contribution in [2.45, 2.75) is 37.9 Å². The minimum Gasteiger partial charge on any atom is -0.393 e. The van der Waals surface area contributed by atoms with E-state index < -0.39 is 6.10 Å². The smallest absolute Gasteiger partial charge is 0.0897 e. The lowest BCUT2D eigenvalue weighted by Crippen LogP contribution is -2.34. The number of nitrogens with one attached hydrogen (secondary N) is 1. The van der Waals surface area contributed by atoms with Gasteiger partial charge in [0.15, 0.2) is 0 Å². The first-order valence-corrected chi connectivity index (χ1v) is 5.78. The van der Waals surface area contributed by atoms with Crippen molar-refractivity contribution in [2.24, 2.45) is 5.92 Å². The summed E-state index contributed by atoms with van der Waals surface area (Å²) in [4.78, 5) is 0. The molecular weight excluding hydrogens is 194 g/mol. The van der Waals surface area contributed by atoms with Gasteiger partial charge < -0.3 is 20.3 Å². The molecule has 1 unspecified atom stereocenters. The van der Waals surface area contributed by atoms with Crippen LogP contribution in [0, 0.1) is 5.92 Å². The van der Waals surface area contributed by atoms with Gasteiger partial charge in [-0.05, 0) is 38.1 Å². The number of hydrogen-bond donors (Lipinski definition) is 3. The maximum absolute atomic E-state index is 9.39. The Morgan fingerprint density at radius 2 is 2.00 bits per heavy atom. The summed E-state index contributed by atoms with van der Waals surface area (Å²) in [6.07, 6.45) is 3.53. The van der Waals surface area contributed by atoms with Crippen LogP contribution in [0.1, 0.15) is 25.7 Å². The van der Waals surface area contributed by atoms with Crippen molar-refractivity contribution in [3.8, 4) is 0 Å². The summed E-state index contributed by atoms with van der Waals surface area (Å²) in [5.41, 5.74) is 0. The molecule has 0 radical (unpaired) electrons. The fraction of sp³-hybridized carbons (Fsp3) is 1.00. The van der Waals surface area contributed by atoms with Gasteiger partial charge in [0, 0.05) is 13.7 Å². The van der Waals surface area contributed by atoms with Crippen molar-refractivity contribution >= 4 is 0 Å². The maximum atomic E-state index is 9.39. The fourth-order valence-electron chi connectivity index (χ4n) is 2.05. The van der Waals surface area contributed by atoms with E-state index in [2.05, 4.69) is 5.32 Å². The molecular formula is C11H23NO3. The van der Waals surface area contributed by atoms with Gasteiger partial charge in [-0.25, -0.2) is 0 Å². The van der Waals surface area contributed by atoms with Gasteiger partial charge in [0.1, 0.15) is 0 Å². The van der Waals surface area contributed by atoms with Crippen LogP contribution in [0.2, 0.25) is 0 Å². The number of rotatable bonds is 6. The van der Waals surface area contributed by atoms with Gasteiger partial charge in [0.2, 0.25) is 0 Å². The fourth-order valence-corrected chi connectivity index (χ4v) is 2.05. The normalized spacial score (nSPS) is 29.0. The van der Waals surface area contributed by atoms with Crippen molar-refractivity contribution < 1.29 is 14.9 Å². The van der Waals surface area contributed by atoms with E-state index in [1.807, 2.05) is 0 Å². The summed E-state index contributed by atoms with van der Waals surface area (Å²) in [5, 5.41) is 22.0. The molecule has 0 amide bonds. The van der Waals surface area contributed by atoms with Crippen molar-refractivity contribution in [1.29, 1.82) is 0 Å². The quantitative estimate of drug-likeness (QED) is 0.592. The number of aliphatic hydroxyl groups excluding tert-OH is 2. The molecule has 0 aromatic heterocycles. The number of methoxy groups -OCH3 is 1. The highest BCUT2D eigenvalue weighted by Crippen LogP contribution is 2.23. The second kappa shape index (κ2) is 7.17. The molecule has 0 saturated heterocycles. The molecule has 0 heterocycles. The van der Waals surface area contributed by atoms with E-state index in [4.69, 9.17) is 4.74 Å². The lowest BCUT2D eigenvalue weighted by molar-refractivity contribution is 0.0622. The summed E-state index contributed by atoms with van der Waals surface area (Å²) >= 11 is 0. The summed E-state index contributed by atoms with van der Waals surface area (Å²) in [6.45, 7) is 1.91. The van der Waals surface area contributed by atoms with Crippen LogP contribution in [-0.4, -0.2) is 49.2 Å². The Labute approximate surface area is 91.6 Å². The average molecular weight is 217 g/mol. The van der Waals surface area contributed by atoms with Crippen LogP contribution in [0.4, 0.5) is 0 Å². The van der Waals surface area contributed by atoms with E-state index in [1.54, 1.807) is 7.11 Å². The molecule has 4 nitrogen and oxygen atoms in total. The highest BCUT2D eigenvalue weighted by Gasteiger charge is 2.18. The van der Waals surface area contributed by atoms with E-state index in [0.29, 0.717) is 19.1 Å². The van der Waals surface area contributed by atoms with Gasteiger partial charge in [-0.3, -0.25) is 0 Å². The Morgan fingerprint density at radius 1 is 1.33 bits per heavy atom. The first-order chi connectivity index (χ1) is 7.22. The summed E-state index contributed by atoms with van der Waals surface area (Å²) in [7, 11) is 1.59. The first-order valence-electron chi connectivity index (χ1n) is 5.78. The van der Waals surface area contributed by atoms with Gasteiger partial charge in [0.05, 0.1) is 18.8 Å².